The molecule has 0 spiro atoms. The van der Waals surface area contributed by atoms with Gasteiger partial charge in [-0.3, -0.25) is 4.79 Å². The minimum Gasteiger partial charge on any atom is -0.378 e. The molecule has 6 heteroatoms. The Morgan fingerprint density at radius 3 is 2.89 bits per heavy atom. The lowest BCUT2D eigenvalue weighted by molar-refractivity contribution is 0.0779. The van der Waals surface area contributed by atoms with Gasteiger partial charge in [-0.25, -0.2) is 0 Å². The lowest BCUT2D eigenvalue weighted by atomic mass is 10.1. The summed E-state index contributed by atoms with van der Waals surface area (Å²) in [5, 5.41) is 6.22. The molecule has 2 atom stereocenters. The van der Waals surface area contributed by atoms with Crippen molar-refractivity contribution in [2.75, 3.05) is 20.2 Å². The SMILES string of the molecule is COC1CNCC1NC(=O)c1cccc(Br)c1C.Cl. The summed E-state index contributed by atoms with van der Waals surface area (Å²) in [6.07, 6.45) is 0.0430. The Kier molecular flexibility index (Phi) is 6.26. The molecular weight excluding hydrogens is 332 g/mol. The Morgan fingerprint density at radius 1 is 1.47 bits per heavy atom. The fourth-order valence-electron chi connectivity index (χ4n) is 2.15. The van der Waals surface area contributed by atoms with Gasteiger partial charge in [-0.2, -0.15) is 0 Å². The van der Waals surface area contributed by atoms with E-state index < -0.39 is 0 Å². The van der Waals surface area contributed by atoms with E-state index >= 15 is 0 Å². The van der Waals surface area contributed by atoms with E-state index in [1.807, 2.05) is 25.1 Å². The lowest BCUT2D eigenvalue weighted by Crippen LogP contribution is -2.43. The van der Waals surface area contributed by atoms with Crippen LogP contribution < -0.4 is 10.6 Å². The number of methoxy groups -OCH3 is 1. The highest BCUT2D eigenvalue weighted by Gasteiger charge is 2.28. The molecule has 1 saturated heterocycles. The van der Waals surface area contributed by atoms with Crippen molar-refractivity contribution in [1.82, 2.24) is 10.6 Å². The summed E-state index contributed by atoms with van der Waals surface area (Å²) in [5.41, 5.74) is 1.65. The quantitative estimate of drug-likeness (QED) is 0.876. The third kappa shape index (κ3) is 3.69. The van der Waals surface area contributed by atoms with Crippen molar-refractivity contribution in [1.29, 1.82) is 0 Å². The Labute approximate surface area is 127 Å². The van der Waals surface area contributed by atoms with E-state index in [1.54, 1.807) is 7.11 Å². The largest absolute Gasteiger partial charge is 0.378 e. The minimum atomic E-state index is -0.0513. The summed E-state index contributed by atoms with van der Waals surface area (Å²) in [7, 11) is 1.67. The molecule has 0 radical (unpaired) electrons. The van der Waals surface area contributed by atoms with Gasteiger partial charge in [0.1, 0.15) is 0 Å². The molecule has 1 aliphatic heterocycles. The van der Waals surface area contributed by atoms with Crippen molar-refractivity contribution in [2.45, 2.75) is 19.1 Å². The van der Waals surface area contributed by atoms with Crippen molar-refractivity contribution < 1.29 is 9.53 Å². The van der Waals surface area contributed by atoms with E-state index in [4.69, 9.17) is 4.74 Å². The Balaban J connectivity index is 0.00000180. The normalized spacial score (nSPS) is 21.8. The molecule has 0 aromatic heterocycles. The topological polar surface area (TPSA) is 50.4 Å². The molecule has 4 nitrogen and oxygen atoms in total. The highest BCUT2D eigenvalue weighted by atomic mass is 79.9. The van der Waals surface area contributed by atoms with Crippen LogP contribution in [-0.2, 0) is 4.74 Å². The highest BCUT2D eigenvalue weighted by molar-refractivity contribution is 9.10. The fraction of sp³-hybridized carbons (Fsp3) is 0.462. The van der Waals surface area contributed by atoms with E-state index in [0.29, 0.717) is 5.56 Å². The van der Waals surface area contributed by atoms with Crippen LogP contribution in [0.2, 0.25) is 0 Å². The van der Waals surface area contributed by atoms with E-state index in [1.165, 1.54) is 0 Å². The van der Waals surface area contributed by atoms with Gasteiger partial charge in [-0.1, -0.05) is 22.0 Å². The zero-order valence-corrected chi connectivity index (χ0v) is 13.3. The Morgan fingerprint density at radius 2 is 2.21 bits per heavy atom. The number of nitrogens with one attached hydrogen (secondary N) is 2. The van der Waals surface area contributed by atoms with Gasteiger partial charge < -0.3 is 15.4 Å². The first-order valence-corrected chi connectivity index (χ1v) is 6.72. The second-order valence-corrected chi connectivity index (χ2v) is 5.28. The van der Waals surface area contributed by atoms with Crippen LogP contribution in [0.4, 0.5) is 0 Å². The number of carbonyl (C=O) groups excluding carboxylic acids is 1. The Bertz CT molecular complexity index is 456. The van der Waals surface area contributed by atoms with Crippen LogP contribution in [-0.4, -0.2) is 38.3 Å². The number of rotatable bonds is 3. The van der Waals surface area contributed by atoms with Crippen LogP contribution in [0.5, 0.6) is 0 Å². The van der Waals surface area contributed by atoms with Crippen molar-refractivity contribution in [3.8, 4) is 0 Å². The first-order valence-electron chi connectivity index (χ1n) is 5.93. The predicted octanol–water partition coefficient (Wildman–Crippen LogP) is 1.90. The first kappa shape index (κ1) is 16.4. The molecule has 2 rings (SSSR count). The summed E-state index contributed by atoms with van der Waals surface area (Å²) in [6, 6.07) is 5.66. The van der Waals surface area contributed by atoms with Crippen molar-refractivity contribution >= 4 is 34.2 Å². The molecular formula is C13H18BrClN2O2. The van der Waals surface area contributed by atoms with Gasteiger partial charge >= 0.3 is 0 Å². The zero-order valence-electron chi connectivity index (χ0n) is 10.9. The number of ether oxygens (including phenoxy) is 1. The van der Waals surface area contributed by atoms with Crippen LogP contribution in [0.3, 0.4) is 0 Å². The van der Waals surface area contributed by atoms with Crippen molar-refractivity contribution in [2.24, 2.45) is 0 Å². The van der Waals surface area contributed by atoms with E-state index in [9.17, 15) is 4.79 Å². The maximum Gasteiger partial charge on any atom is 0.251 e. The fourth-order valence-corrected chi connectivity index (χ4v) is 2.51. The second kappa shape index (κ2) is 7.24. The molecule has 1 aromatic rings. The number of hydrogen-bond acceptors (Lipinski definition) is 3. The van der Waals surface area contributed by atoms with Crippen molar-refractivity contribution in [3.63, 3.8) is 0 Å². The number of benzene rings is 1. The average Bonchev–Trinajstić information content (AvgIpc) is 2.79. The van der Waals surface area contributed by atoms with Crippen LogP contribution in [0.15, 0.2) is 22.7 Å². The van der Waals surface area contributed by atoms with E-state index in [0.717, 1.165) is 23.1 Å². The molecule has 19 heavy (non-hydrogen) atoms. The monoisotopic (exact) mass is 348 g/mol. The summed E-state index contributed by atoms with van der Waals surface area (Å²) in [6.45, 7) is 3.45. The number of amides is 1. The lowest BCUT2D eigenvalue weighted by Gasteiger charge is -2.19. The average molecular weight is 350 g/mol. The molecule has 1 aromatic carbocycles. The van der Waals surface area contributed by atoms with Gasteiger partial charge in [0.15, 0.2) is 0 Å². The number of carbonyl (C=O) groups is 1. The van der Waals surface area contributed by atoms with E-state index in [2.05, 4.69) is 26.6 Å². The number of hydrogen-bond donors (Lipinski definition) is 2. The van der Waals surface area contributed by atoms with Crippen LogP contribution in [0.1, 0.15) is 15.9 Å². The van der Waals surface area contributed by atoms with Gasteiger partial charge in [0, 0.05) is 30.2 Å². The van der Waals surface area contributed by atoms with Crippen LogP contribution >= 0.6 is 28.3 Å². The molecule has 1 fully saturated rings. The molecule has 0 saturated carbocycles. The summed E-state index contributed by atoms with van der Waals surface area (Å²) >= 11 is 3.44. The molecule has 1 amide bonds. The summed E-state index contributed by atoms with van der Waals surface area (Å²) in [4.78, 5) is 12.2. The molecule has 2 unspecified atom stereocenters. The van der Waals surface area contributed by atoms with Crippen LogP contribution in [0, 0.1) is 6.92 Å². The Hall–Kier alpha value is -0.620. The standard InChI is InChI=1S/C13H17BrN2O2.ClH/c1-8-9(4-3-5-10(8)14)13(17)16-11-6-15-7-12(11)18-2;/h3-5,11-12,15H,6-7H2,1-2H3,(H,16,17);1H. The predicted molar refractivity (Wildman–Crippen MR) is 81.0 cm³/mol. The second-order valence-electron chi connectivity index (χ2n) is 4.42. The first-order chi connectivity index (χ1) is 8.63. The molecule has 0 bridgehead atoms. The van der Waals surface area contributed by atoms with Gasteiger partial charge in [0.05, 0.1) is 12.1 Å². The maximum atomic E-state index is 12.2. The van der Waals surface area contributed by atoms with Gasteiger partial charge in [-0.15, -0.1) is 12.4 Å². The molecule has 106 valence electrons. The summed E-state index contributed by atoms with van der Waals surface area (Å²) < 4.78 is 6.28. The van der Waals surface area contributed by atoms with Crippen molar-refractivity contribution in [3.05, 3.63) is 33.8 Å². The molecule has 1 aliphatic rings. The zero-order chi connectivity index (χ0) is 13.1. The van der Waals surface area contributed by atoms with Gasteiger partial charge in [0.2, 0.25) is 0 Å². The van der Waals surface area contributed by atoms with E-state index in [-0.39, 0.29) is 30.5 Å². The smallest absolute Gasteiger partial charge is 0.251 e. The molecule has 2 N–H and O–H groups in total. The third-order valence-corrected chi connectivity index (χ3v) is 4.15. The minimum absolute atomic E-state index is 0. The molecule has 0 aliphatic carbocycles. The third-order valence-electron chi connectivity index (χ3n) is 3.29. The maximum absolute atomic E-state index is 12.2. The van der Waals surface area contributed by atoms with Gasteiger partial charge in [-0.05, 0) is 24.6 Å². The highest BCUT2D eigenvalue weighted by Crippen LogP contribution is 2.19. The summed E-state index contributed by atoms with van der Waals surface area (Å²) in [5.74, 6) is -0.0513. The molecule has 1 heterocycles. The number of halogens is 2. The van der Waals surface area contributed by atoms with Crippen LogP contribution in [0.25, 0.3) is 0 Å². The van der Waals surface area contributed by atoms with Gasteiger partial charge in [0.25, 0.3) is 5.91 Å².